The molecule has 1 atom stereocenters. The molecule has 2 N–H and O–H groups in total. The fourth-order valence-electron chi connectivity index (χ4n) is 2.52. The summed E-state index contributed by atoms with van der Waals surface area (Å²) in [5, 5.41) is 12.3. The van der Waals surface area contributed by atoms with Gasteiger partial charge in [0.2, 0.25) is 0 Å². The zero-order valence-corrected chi connectivity index (χ0v) is 14.0. The molecule has 0 aliphatic rings. The highest BCUT2D eigenvalue weighted by Crippen LogP contribution is 2.15. The molecule has 0 aliphatic carbocycles. The Morgan fingerprint density at radius 1 is 1.27 bits per heavy atom. The van der Waals surface area contributed by atoms with Crippen LogP contribution in [0.3, 0.4) is 0 Å². The van der Waals surface area contributed by atoms with Crippen molar-refractivity contribution in [2.24, 2.45) is 5.92 Å². The molecule has 0 saturated carbocycles. The molecule has 0 radical (unpaired) electrons. The molecule has 124 valence electrons. The van der Waals surface area contributed by atoms with Gasteiger partial charge in [0.25, 0.3) is 0 Å². The van der Waals surface area contributed by atoms with Gasteiger partial charge in [-0.15, -0.1) is 0 Å². The lowest BCUT2D eigenvalue weighted by atomic mass is 9.97. The molecular formula is C18H29NO3. The number of carbonyl (C=O) groups is 1. The van der Waals surface area contributed by atoms with Crippen molar-refractivity contribution in [3.05, 3.63) is 29.8 Å². The number of rotatable bonds is 11. The van der Waals surface area contributed by atoms with Crippen molar-refractivity contribution >= 4 is 5.97 Å². The van der Waals surface area contributed by atoms with Crippen molar-refractivity contribution < 1.29 is 14.6 Å². The third-order valence-electron chi connectivity index (χ3n) is 3.91. The van der Waals surface area contributed by atoms with Crippen molar-refractivity contribution in [3.8, 4) is 5.75 Å². The van der Waals surface area contributed by atoms with Crippen molar-refractivity contribution in [2.75, 3.05) is 7.11 Å². The Labute approximate surface area is 133 Å². The summed E-state index contributed by atoms with van der Waals surface area (Å²) in [6.07, 6.45) is 4.19. The second-order valence-corrected chi connectivity index (χ2v) is 6.08. The molecule has 22 heavy (non-hydrogen) atoms. The van der Waals surface area contributed by atoms with Crippen LogP contribution in [-0.2, 0) is 11.3 Å². The van der Waals surface area contributed by atoms with Crippen molar-refractivity contribution in [3.63, 3.8) is 0 Å². The third-order valence-corrected chi connectivity index (χ3v) is 3.91. The van der Waals surface area contributed by atoms with Crippen molar-refractivity contribution in [2.45, 2.75) is 58.5 Å². The summed E-state index contributed by atoms with van der Waals surface area (Å²) in [5.41, 5.74) is 1.22. The fourth-order valence-corrected chi connectivity index (χ4v) is 2.52. The molecule has 4 nitrogen and oxygen atoms in total. The first-order valence-electron chi connectivity index (χ1n) is 8.11. The molecule has 0 fully saturated rings. The molecule has 4 heteroatoms. The highest BCUT2D eigenvalue weighted by atomic mass is 16.5. The van der Waals surface area contributed by atoms with E-state index in [1.807, 2.05) is 12.1 Å². The first-order chi connectivity index (χ1) is 10.5. The van der Waals surface area contributed by atoms with Crippen LogP contribution in [0.25, 0.3) is 0 Å². The molecule has 0 aromatic heterocycles. The predicted octanol–water partition coefficient (Wildman–Crippen LogP) is 3.84. The predicted molar refractivity (Wildman–Crippen MR) is 89.2 cm³/mol. The summed E-state index contributed by atoms with van der Waals surface area (Å²) in [6, 6.07) is 8.56. The molecule has 0 spiro atoms. The number of ether oxygens (including phenoxy) is 1. The zero-order valence-electron chi connectivity index (χ0n) is 14.0. The summed E-state index contributed by atoms with van der Waals surface area (Å²) < 4.78 is 5.24. The van der Waals surface area contributed by atoms with Gasteiger partial charge in [0.05, 0.1) is 7.11 Å². The van der Waals surface area contributed by atoms with Gasteiger partial charge in [0.15, 0.2) is 0 Å². The maximum absolute atomic E-state index is 10.5. The number of aliphatic carboxylic acids is 1. The molecule has 1 unspecified atom stereocenters. The number of benzene rings is 1. The van der Waals surface area contributed by atoms with Crippen LogP contribution in [0, 0.1) is 5.92 Å². The first-order valence-corrected chi connectivity index (χ1v) is 8.11. The summed E-state index contributed by atoms with van der Waals surface area (Å²) in [7, 11) is 1.68. The largest absolute Gasteiger partial charge is 0.497 e. The van der Waals surface area contributed by atoms with Gasteiger partial charge in [0.1, 0.15) is 5.75 Å². The van der Waals surface area contributed by atoms with E-state index in [2.05, 4.69) is 31.3 Å². The standard InChI is InChI=1S/C18H29NO3/c1-14(2)17(10-5-4-6-11-18(20)21)19-13-15-8-7-9-16(12-15)22-3/h7-9,12,14,17,19H,4-6,10-11,13H2,1-3H3,(H,20,21). The van der Waals surface area contributed by atoms with E-state index in [9.17, 15) is 4.79 Å². The molecule has 0 amide bonds. The molecular weight excluding hydrogens is 278 g/mol. The highest BCUT2D eigenvalue weighted by molar-refractivity contribution is 5.66. The molecule has 0 bridgehead atoms. The Morgan fingerprint density at radius 2 is 2.05 bits per heavy atom. The Morgan fingerprint density at radius 3 is 2.68 bits per heavy atom. The lowest BCUT2D eigenvalue weighted by Gasteiger charge is -2.22. The van der Waals surface area contributed by atoms with Gasteiger partial charge in [-0.25, -0.2) is 0 Å². The number of carboxylic acids is 1. The van der Waals surface area contributed by atoms with Crippen LogP contribution in [0.4, 0.5) is 0 Å². The van der Waals surface area contributed by atoms with Gasteiger partial charge in [-0.2, -0.15) is 0 Å². The molecule has 1 rings (SSSR count). The van der Waals surface area contributed by atoms with E-state index in [1.54, 1.807) is 7.11 Å². The first kappa shape index (κ1) is 18.5. The second-order valence-electron chi connectivity index (χ2n) is 6.08. The van der Waals surface area contributed by atoms with Crippen molar-refractivity contribution in [1.29, 1.82) is 0 Å². The summed E-state index contributed by atoms with van der Waals surface area (Å²) in [4.78, 5) is 10.5. The molecule has 0 saturated heterocycles. The lowest BCUT2D eigenvalue weighted by molar-refractivity contribution is -0.137. The van der Waals surface area contributed by atoms with Crippen molar-refractivity contribution in [1.82, 2.24) is 5.32 Å². The summed E-state index contributed by atoms with van der Waals surface area (Å²) >= 11 is 0. The molecule has 1 aromatic carbocycles. The molecule has 0 heterocycles. The number of nitrogens with one attached hydrogen (secondary N) is 1. The van der Waals surface area contributed by atoms with E-state index in [4.69, 9.17) is 9.84 Å². The average molecular weight is 307 g/mol. The van der Waals surface area contributed by atoms with E-state index >= 15 is 0 Å². The monoisotopic (exact) mass is 307 g/mol. The number of methoxy groups -OCH3 is 1. The fraction of sp³-hybridized carbons (Fsp3) is 0.611. The van der Waals surface area contributed by atoms with E-state index < -0.39 is 5.97 Å². The van der Waals surface area contributed by atoms with E-state index in [0.29, 0.717) is 12.0 Å². The quantitative estimate of drug-likeness (QED) is 0.610. The average Bonchev–Trinajstić information content (AvgIpc) is 2.49. The van der Waals surface area contributed by atoms with Crippen LogP contribution in [0.15, 0.2) is 24.3 Å². The topological polar surface area (TPSA) is 58.6 Å². The number of unbranched alkanes of at least 4 members (excludes halogenated alkanes) is 2. The SMILES string of the molecule is COc1cccc(CNC(CCCCCC(=O)O)C(C)C)c1. The van der Waals surface area contributed by atoms with Crippen LogP contribution in [-0.4, -0.2) is 24.2 Å². The molecule has 1 aromatic rings. The number of hydrogen-bond donors (Lipinski definition) is 2. The van der Waals surface area contributed by atoms with E-state index in [0.717, 1.165) is 38.0 Å². The summed E-state index contributed by atoms with van der Waals surface area (Å²) in [5.74, 6) is 0.746. The minimum atomic E-state index is -0.698. The van der Waals surface area contributed by atoms with Crippen LogP contribution in [0.5, 0.6) is 5.75 Å². The van der Waals surface area contributed by atoms with Gasteiger partial charge < -0.3 is 15.2 Å². The Hall–Kier alpha value is -1.55. The normalized spacial score (nSPS) is 12.4. The van der Waals surface area contributed by atoms with Crippen LogP contribution < -0.4 is 10.1 Å². The maximum Gasteiger partial charge on any atom is 0.303 e. The Bertz CT molecular complexity index is 446. The lowest BCUT2D eigenvalue weighted by Crippen LogP contribution is -2.33. The van der Waals surface area contributed by atoms with Gasteiger partial charge in [-0.3, -0.25) is 4.79 Å². The second kappa shape index (κ2) is 10.2. The van der Waals surface area contributed by atoms with Gasteiger partial charge >= 0.3 is 5.97 Å². The van der Waals surface area contributed by atoms with E-state index in [1.165, 1.54) is 5.56 Å². The number of hydrogen-bond acceptors (Lipinski definition) is 3. The van der Waals surface area contributed by atoms with E-state index in [-0.39, 0.29) is 6.42 Å². The number of carboxylic acid groups (broad SMARTS) is 1. The Kier molecular flexibility index (Phi) is 8.60. The Balaban J connectivity index is 2.35. The third kappa shape index (κ3) is 7.46. The molecule has 0 aliphatic heterocycles. The van der Waals surface area contributed by atoms with Gasteiger partial charge in [0, 0.05) is 19.0 Å². The smallest absolute Gasteiger partial charge is 0.303 e. The minimum Gasteiger partial charge on any atom is -0.497 e. The zero-order chi connectivity index (χ0) is 16.4. The highest BCUT2D eigenvalue weighted by Gasteiger charge is 2.12. The van der Waals surface area contributed by atoms with Crippen LogP contribution >= 0.6 is 0 Å². The maximum atomic E-state index is 10.5. The van der Waals surface area contributed by atoms with Gasteiger partial charge in [-0.1, -0.05) is 38.8 Å². The summed E-state index contributed by atoms with van der Waals surface area (Å²) in [6.45, 7) is 5.27. The van der Waals surface area contributed by atoms with Crippen LogP contribution in [0.1, 0.15) is 51.5 Å². The minimum absolute atomic E-state index is 0.281. The van der Waals surface area contributed by atoms with Crippen LogP contribution in [0.2, 0.25) is 0 Å². The van der Waals surface area contributed by atoms with Gasteiger partial charge in [-0.05, 0) is 36.5 Å².